The highest BCUT2D eigenvalue weighted by Gasteiger charge is 2.51. The zero-order valence-corrected chi connectivity index (χ0v) is 12.2. The Morgan fingerprint density at radius 2 is 1.35 bits per heavy atom. The molecule has 0 unspecified atom stereocenters. The topological polar surface area (TPSA) is 57.2 Å². The molecule has 0 aromatic heterocycles. The first kappa shape index (κ1) is 12.8. The Balaban J connectivity index is 1.70. The molecular weight excluding hydrogens is 272 g/mol. The average molecular weight is 291 g/mol. The monoisotopic (exact) mass is 291 g/mol. The Morgan fingerprint density at radius 3 is 1.75 bits per heavy atom. The third kappa shape index (κ3) is 1.92. The summed E-state index contributed by atoms with van der Waals surface area (Å²) in [6, 6.07) is 6.77. The Bertz CT molecular complexity index is 595. The molecule has 4 fully saturated rings. The highest BCUT2D eigenvalue weighted by Crippen LogP contribution is 2.60. The van der Waals surface area contributed by atoms with Crippen LogP contribution in [-0.4, -0.2) is 13.0 Å². The van der Waals surface area contributed by atoms with Crippen molar-refractivity contribution in [3.05, 3.63) is 29.8 Å². The van der Waals surface area contributed by atoms with Crippen LogP contribution in [0.25, 0.3) is 0 Å². The van der Waals surface area contributed by atoms with Crippen LogP contribution in [0.5, 0.6) is 0 Å². The van der Waals surface area contributed by atoms with Crippen LogP contribution in [-0.2, 0) is 15.5 Å². The predicted octanol–water partition coefficient (Wildman–Crippen LogP) is 3.06. The van der Waals surface area contributed by atoms with E-state index in [4.69, 9.17) is 0 Å². The second-order valence-electron chi connectivity index (χ2n) is 7.18. The smallest absolute Gasteiger partial charge is 0.124 e. The van der Waals surface area contributed by atoms with Crippen LogP contribution in [0.4, 0.5) is 0 Å². The van der Waals surface area contributed by atoms with Gasteiger partial charge >= 0.3 is 0 Å². The summed E-state index contributed by atoms with van der Waals surface area (Å²) in [5, 5.41) is 0. The van der Waals surface area contributed by atoms with Crippen LogP contribution >= 0.6 is 0 Å². The molecule has 4 saturated carbocycles. The van der Waals surface area contributed by atoms with Gasteiger partial charge in [0.1, 0.15) is 10.1 Å². The van der Waals surface area contributed by atoms with Gasteiger partial charge in [-0.3, -0.25) is 0 Å². The van der Waals surface area contributed by atoms with Crippen molar-refractivity contribution in [2.45, 2.75) is 48.8 Å². The fourth-order valence-electron chi connectivity index (χ4n) is 5.44. The van der Waals surface area contributed by atoms with E-state index in [-0.39, 0.29) is 10.3 Å². The summed E-state index contributed by atoms with van der Waals surface area (Å²) in [5.41, 5.74) is 1.52. The van der Waals surface area contributed by atoms with Gasteiger partial charge < -0.3 is 4.55 Å². The van der Waals surface area contributed by atoms with Gasteiger partial charge in [0, 0.05) is 0 Å². The molecule has 0 heterocycles. The molecule has 0 radical (unpaired) electrons. The minimum Gasteiger partial charge on any atom is -0.744 e. The van der Waals surface area contributed by atoms with Gasteiger partial charge in [-0.05, 0) is 79.4 Å². The summed E-state index contributed by atoms with van der Waals surface area (Å²) < 4.78 is 33.1. The van der Waals surface area contributed by atoms with Crippen molar-refractivity contribution in [2.75, 3.05) is 0 Å². The van der Waals surface area contributed by atoms with E-state index in [1.54, 1.807) is 0 Å². The van der Waals surface area contributed by atoms with E-state index >= 15 is 0 Å². The van der Waals surface area contributed by atoms with Crippen LogP contribution in [0.2, 0.25) is 0 Å². The Labute approximate surface area is 120 Å². The lowest BCUT2D eigenvalue weighted by Gasteiger charge is -2.57. The maximum absolute atomic E-state index is 11.0. The lowest BCUT2D eigenvalue weighted by atomic mass is 9.48. The van der Waals surface area contributed by atoms with Crippen molar-refractivity contribution in [1.82, 2.24) is 0 Å². The van der Waals surface area contributed by atoms with Gasteiger partial charge in [0.2, 0.25) is 0 Å². The molecule has 0 N–H and O–H groups in total. The fourth-order valence-corrected chi connectivity index (χ4v) is 5.91. The molecule has 0 atom stereocenters. The maximum atomic E-state index is 11.0. The summed E-state index contributed by atoms with van der Waals surface area (Å²) in [6.45, 7) is 0. The molecule has 1 aromatic rings. The first-order valence-electron chi connectivity index (χ1n) is 7.51. The molecule has 20 heavy (non-hydrogen) atoms. The largest absolute Gasteiger partial charge is 0.744 e. The van der Waals surface area contributed by atoms with E-state index in [1.807, 2.05) is 12.1 Å². The molecule has 0 aliphatic heterocycles. The SMILES string of the molecule is O=S(=O)([O-])c1ccc(C23CC4CC(CC(C4)C2)C3)cc1. The first-order valence-corrected chi connectivity index (χ1v) is 8.92. The summed E-state index contributed by atoms with van der Waals surface area (Å²) in [7, 11) is -4.33. The normalized spacial score (nSPS) is 39.1. The van der Waals surface area contributed by atoms with Gasteiger partial charge in [-0.1, -0.05) is 12.1 Å². The molecule has 3 nitrogen and oxygen atoms in total. The van der Waals surface area contributed by atoms with E-state index in [0.29, 0.717) is 0 Å². The molecule has 1 aromatic carbocycles. The van der Waals surface area contributed by atoms with Crippen LogP contribution in [0.3, 0.4) is 0 Å². The molecule has 4 heteroatoms. The van der Waals surface area contributed by atoms with Gasteiger partial charge in [-0.25, -0.2) is 8.42 Å². The molecular formula is C16H19O3S-. The van der Waals surface area contributed by atoms with E-state index < -0.39 is 10.1 Å². The second-order valence-corrected chi connectivity index (χ2v) is 8.56. The lowest BCUT2D eigenvalue weighted by molar-refractivity contribution is -0.00521. The lowest BCUT2D eigenvalue weighted by Crippen LogP contribution is -2.48. The molecule has 4 aliphatic carbocycles. The molecule has 5 rings (SSSR count). The van der Waals surface area contributed by atoms with Crippen molar-refractivity contribution in [2.24, 2.45) is 17.8 Å². The molecule has 4 bridgehead atoms. The van der Waals surface area contributed by atoms with Crippen LogP contribution in [0, 0.1) is 17.8 Å². The Hall–Kier alpha value is -0.870. The van der Waals surface area contributed by atoms with Crippen molar-refractivity contribution in [3.63, 3.8) is 0 Å². The van der Waals surface area contributed by atoms with Gasteiger partial charge in [-0.15, -0.1) is 0 Å². The quantitative estimate of drug-likeness (QED) is 0.787. The summed E-state index contributed by atoms with van der Waals surface area (Å²) >= 11 is 0. The van der Waals surface area contributed by atoms with E-state index in [1.165, 1.54) is 56.2 Å². The first-order chi connectivity index (χ1) is 9.45. The van der Waals surface area contributed by atoms with Crippen LogP contribution in [0.1, 0.15) is 44.1 Å². The van der Waals surface area contributed by atoms with Gasteiger partial charge in [0.25, 0.3) is 0 Å². The zero-order valence-electron chi connectivity index (χ0n) is 11.4. The van der Waals surface area contributed by atoms with Gasteiger partial charge in [0.05, 0.1) is 4.90 Å². The molecule has 0 spiro atoms. The van der Waals surface area contributed by atoms with Gasteiger partial charge in [0.15, 0.2) is 0 Å². The highest BCUT2D eigenvalue weighted by atomic mass is 32.2. The third-order valence-corrected chi connectivity index (χ3v) is 6.64. The summed E-state index contributed by atoms with van der Waals surface area (Å²) in [6.07, 6.45) is 7.94. The van der Waals surface area contributed by atoms with E-state index in [0.717, 1.165) is 17.8 Å². The standard InChI is InChI=1S/C16H20O3S/c17-20(18,19)15-3-1-14(2-4-15)16-8-11-5-12(9-16)7-13(6-11)10-16/h1-4,11-13H,5-10H2,(H,17,18,19)/p-1. The fraction of sp³-hybridized carbons (Fsp3) is 0.625. The van der Waals surface area contributed by atoms with Crippen molar-refractivity contribution < 1.29 is 13.0 Å². The molecule has 108 valence electrons. The number of hydrogen-bond acceptors (Lipinski definition) is 3. The minimum atomic E-state index is -4.33. The third-order valence-electron chi connectivity index (χ3n) is 5.79. The number of hydrogen-bond donors (Lipinski definition) is 0. The average Bonchev–Trinajstić information content (AvgIpc) is 2.36. The Morgan fingerprint density at radius 1 is 0.900 bits per heavy atom. The van der Waals surface area contributed by atoms with Crippen molar-refractivity contribution >= 4 is 10.1 Å². The van der Waals surface area contributed by atoms with Crippen LogP contribution < -0.4 is 0 Å². The van der Waals surface area contributed by atoms with Gasteiger partial charge in [-0.2, -0.15) is 0 Å². The van der Waals surface area contributed by atoms with Crippen molar-refractivity contribution in [3.8, 4) is 0 Å². The number of rotatable bonds is 2. The molecule has 0 amide bonds. The van der Waals surface area contributed by atoms with Crippen LogP contribution in [0.15, 0.2) is 29.2 Å². The summed E-state index contributed by atoms with van der Waals surface area (Å²) in [5.74, 6) is 2.59. The number of benzene rings is 1. The second kappa shape index (κ2) is 4.08. The zero-order chi connectivity index (χ0) is 14.0. The Kier molecular flexibility index (Phi) is 2.62. The molecule has 0 saturated heterocycles. The summed E-state index contributed by atoms with van der Waals surface area (Å²) in [4.78, 5) is -0.106. The maximum Gasteiger partial charge on any atom is 0.124 e. The van der Waals surface area contributed by atoms with E-state index in [9.17, 15) is 13.0 Å². The van der Waals surface area contributed by atoms with E-state index in [2.05, 4.69) is 0 Å². The van der Waals surface area contributed by atoms with Crippen molar-refractivity contribution in [1.29, 1.82) is 0 Å². The predicted molar refractivity (Wildman–Crippen MR) is 74.3 cm³/mol. The molecule has 4 aliphatic rings. The highest BCUT2D eigenvalue weighted by molar-refractivity contribution is 7.85. The minimum absolute atomic E-state index is 0.106.